The van der Waals surface area contributed by atoms with Crippen molar-refractivity contribution in [1.82, 2.24) is 10.2 Å². The third-order valence-electron chi connectivity index (χ3n) is 4.53. The fourth-order valence-electron chi connectivity index (χ4n) is 3.01. The predicted octanol–water partition coefficient (Wildman–Crippen LogP) is 3.87. The van der Waals surface area contributed by atoms with Gasteiger partial charge in [0.25, 0.3) is 0 Å². The van der Waals surface area contributed by atoms with E-state index in [9.17, 15) is 0 Å². The molecule has 0 bridgehead atoms. The maximum absolute atomic E-state index is 5.43. The summed E-state index contributed by atoms with van der Waals surface area (Å²) in [5.74, 6) is 2.42. The van der Waals surface area contributed by atoms with Gasteiger partial charge in [0.2, 0.25) is 0 Å². The van der Waals surface area contributed by atoms with E-state index in [0.29, 0.717) is 5.92 Å². The molecule has 1 aromatic rings. The van der Waals surface area contributed by atoms with Gasteiger partial charge in [-0.1, -0.05) is 13.0 Å². The first-order valence-corrected chi connectivity index (χ1v) is 9.59. The molecule has 138 valence electrons. The molecule has 1 unspecified atom stereocenters. The van der Waals surface area contributed by atoms with E-state index >= 15 is 0 Å². The molecule has 1 aromatic heterocycles. The number of ether oxygens (including phenoxy) is 1. The Morgan fingerprint density at radius 1 is 1.46 bits per heavy atom. The smallest absolute Gasteiger partial charge is 0.193 e. The van der Waals surface area contributed by atoms with Gasteiger partial charge in [-0.05, 0) is 49.0 Å². The molecule has 1 aliphatic rings. The first-order chi connectivity index (χ1) is 11.2. The second-order valence-electron chi connectivity index (χ2n) is 6.58. The van der Waals surface area contributed by atoms with Crippen LogP contribution in [0, 0.1) is 11.8 Å². The molecule has 6 heteroatoms. The van der Waals surface area contributed by atoms with Crippen molar-refractivity contribution in [3.8, 4) is 0 Å². The Bertz CT molecular complexity index is 461. The molecule has 2 heterocycles. The summed E-state index contributed by atoms with van der Waals surface area (Å²) in [5.41, 5.74) is 0. The van der Waals surface area contributed by atoms with Crippen molar-refractivity contribution in [1.29, 1.82) is 0 Å². The minimum Gasteiger partial charge on any atom is -0.381 e. The lowest BCUT2D eigenvalue weighted by atomic mass is 9.96. The van der Waals surface area contributed by atoms with E-state index in [0.717, 1.165) is 44.6 Å². The molecule has 1 N–H and O–H groups in total. The molecule has 1 aliphatic heterocycles. The van der Waals surface area contributed by atoms with Crippen molar-refractivity contribution < 1.29 is 4.74 Å². The highest BCUT2D eigenvalue weighted by atomic mass is 127. The molecule has 24 heavy (non-hydrogen) atoms. The highest BCUT2D eigenvalue weighted by Gasteiger charge is 2.15. The van der Waals surface area contributed by atoms with Gasteiger partial charge in [0.05, 0.1) is 0 Å². The lowest BCUT2D eigenvalue weighted by molar-refractivity contribution is 0.0625. The Labute approximate surface area is 168 Å². The fraction of sp³-hybridized carbons (Fsp3) is 0.722. The van der Waals surface area contributed by atoms with Gasteiger partial charge < -0.3 is 15.0 Å². The summed E-state index contributed by atoms with van der Waals surface area (Å²) in [5, 5.41) is 5.68. The predicted molar refractivity (Wildman–Crippen MR) is 115 cm³/mol. The van der Waals surface area contributed by atoms with Crippen LogP contribution in [0.3, 0.4) is 0 Å². The normalized spacial score (nSPS) is 17.2. The van der Waals surface area contributed by atoms with Crippen LogP contribution in [-0.4, -0.2) is 51.3 Å². The minimum atomic E-state index is 0. The number of rotatable bonds is 7. The first-order valence-electron chi connectivity index (χ1n) is 8.71. The SMILES string of the molecule is CN=C(NCC(C)Cc1cccs1)N(C)CCC1CCOCC1.I. The molecule has 2 rings (SSSR count). The van der Waals surface area contributed by atoms with Crippen LogP contribution in [0.15, 0.2) is 22.5 Å². The van der Waals surface area contributed by atoms with E-state index in [-0.39, 0.29) is 24.0 Å². The van der Waals surface area contributed by atoms with Gasteiger partial charge in [-0.2, -0.15) is 0 Å². The zero-order valence-corrected chi connectivity index (χ0v) is 18.3. The lowest BCUT2D eigenvalue weighted by Gasteiger charge is -2.27. The molecular weight excluding hydrogens is 433 g/mol. The molecule has 1 saturated heterocycles. The highest BCUT2D eigenvalue weighted by Crippen LogP contribution is 2.18. The van der Waals surface area contributed by atoms with Crippen LogP contribution >= 0.6 is 35.3 Å². The van der Waals surface area contributed by atoms with Gasteiger partial charge in [0.1, 0.15) is 0 Å². The van der Waals surface area contributed by atoms with E-state index in [1.54, 1.807) is 0 Å². The number of nitrogens with one attached hydrogen (secondary N) is 1. The zero-order chi connectivity index (χ0) is 16.5. The molecule has 1 atom stereocenters. The van der Waals surface area contributed by atoms with E-state index in [1.165, 1.54) is 24.1 Å². The Kier molecular flexibility index (Phi) is 10.9. The Morgan fingerprint density at radius 3 is 2.83 bits per heavy atom. The molecule has 0 amide bonds. The van der Waals surface area contributed by atoms with Crippen molar-refractivity contribution in [3.05, 3.63) is 22.4 Å². The standard InChI is InChI=1S/C18H31N3OS.HI/c1-15(13-17-5-4-12-23-17)14-20-18(19-2)21(3)9-6-16-7-10-22-11-8-16;/h4-5,12,15-16H,6-11,13-14H2,1-3H3,(H,19,20);1H. The van der Waals surface area contributed by atoms with Crippen LogP contribution in [0.5, 0.6) is 0 Å². The molecule has 0 aliphatic carbocycles. The molecular formula is C18H32IN3OS. The maximum atomic E-state index is 5.43. The van der Waals surface area contributed by atoms with Gasteiger partial charge in [0, 0.05) is 45.3 Å². The lowest BCUT2D eigenvalue weighted by Crippen LogP contribution is -2.41. The monoisotopic (exact) mass is 465 g/mol. The minimum absolute atomic E-state index is 0. The molecule has 1 fully saturated rings. The average Bonchev–Trinajstić information content (AvgIpc) is 3.07. The molecule has 0 saturated carbocycles. The van der Waals surface area contributed by atoms with Gasteiger partial charge >= 0.3 is 0 Å². The first kappa shape index (κ1) is 21.7. The summed E-state index contributed by atoms with van der Waals surface area (Å²) in [7, 11) is 4.01. The molecule has 0 aromatic carbocycles. The number of hydrogen-bond donors (Lipinski definition) is 1. The summed E-state index contributed by atoms with van der Waals surface area (Å²) >= 11 is 1.84. The Morgan fingerprint density at radius 2 is 2.21 bits per heavy atom. The fourth-order valence-corrected chi connectivity index (χ4v) is 3.88. The number of aliphatic imine (C=N–C) groups is 1. The van der Waals surface area contributed by atoms with Crippen molar-refractivity contribution in [2.45, 2.75) is 32.6 Å². The van der Waals surface area contributed by atoms with E-state index in [1.807, 2.05) is 18.4 Å². The zero-order valence-electron chi connectivity index (χ0n) is 15.2. The Hall–Kier alpha value is -0.340. The second kappa shape index (κ2) is 12.1. The quantitative estimate of drug-likeness (QED) is 0.378. The van der Waals surface area contributed by atoms with E-state index in [4.69, 9.17) is 4.74 Å². The van der Waals surface area contributed by atoms with E-state index < -0.39 is 0 Å². The second-order valence-corrected chi connectivity index (χ2v) is 7.61. The Balaban J connectivity index is 0.00000288. The van der Waals surface area contributed by atoms with Crippen molar-refractivity contribution in [3.63, 3.8) is 0 Å². The van der Waals surface area contributed by atoms with Gasteiger partial charge in [-0.25, -0.2) is 0 Å². The summed E-state index contributed by atoms with van der Waals surface area (Å²) < 4.78 is 5.43. The number of guanidine groups is 1. The number of thiophene rings is 1. The van der Waals surface area contributed by atoms with Crippen LogP contribution in [0.4, 0.5) is 0 Å². The van der Waals surface area contributed by atoms with Gasteiger partial charge in [-0.3, -0.25) is 4.99 Å². The van der Waals surface area contributed by atoms with Crippen molar-refractivity contribution in [2.24, 2.45) is 16.8 Å². The largest absolute Gasteiger partial charge is 0.381 e. The number of hydrogen-bond acceptors (Lipinski definition) is 3. The van der Waals surface area contributed by atoms with Gasteiger partial charge in [-0.15, -0.1) is 35.3 Å². The topological polar surface area (TPSA) is 36.9 Å². The third kappa shape index (κ3) is 7.70. The summed E-state index contributed by atoms with van der Waals surface area (Å²) in [4.78, 5) is 8.15. The molecule has 4 nitrogen and oxygen atoms in total. The number of halogens is 1. The molecule has 0 radical (unpaired) electrons. The van der Waals surface area contributed by atoms with E-state index in [2.05, 4.69) is 46.7 Å². The third-order valence-corrected chi connectivity index (χ3v) is 5.42. The van der Waals surface area contributed by atoms with Crippen LogP contribution in [0.25, 0.3) is 0 Å². The summed E-state index contributed by atoms with van der Waals surface area (Å²) in [6.45, 7) is 6.18. The highest BCUT2D eigenvalue weighted by molar-refractivity contribution is 14.0. The van der Waals surface area contributed by atoms with Crippen molar-refractivity contribution >= 4 is 41.3 Å². The van der Waals surface area contributed by atoms with Crippen LogP contribution in [-0.2, 0) is 11.2 Å². The van der Waals surface area contributed by atoms with Crippen LogP contribution in [0.2, 0.25) is 0 Å². The average molecular weight is 465 g/mol. The van der Waals surface area contributed by atoms with Crippen LogP contribution < -0.4 is 5.32 Å². The summed E-state index contributed by atoms with van der Waals surface area (Å²) in [6, 6.07) is 4.35. The van der Waals surface area contributed by atoms with Gasteiger partial charge in [0.15, 0.2) is 5.96 Å². The van der Waals surface area contributed by atoms with Crippen LogP contribution in [0.1, 0.15) is 31.1 Å². The summed E-state index contributed by atoms with van der Waals surface area (Å²) in [6.07, 6.45) is 4.77. The van der Waals surface area contributed by atoms with Crippen molar-refractivity contribution in [2.75, 3.05) is 40.4 Å². The maximum Gasteiger partial charge on any atom is 0.193 e. The molecule has 0 spiro atoms. The number of nitrogens with zero attached hydrogens (tertiary/aromatic N) is 2.